The van der Waals surface area contributed by atoms with Crippen molar-refractivity contribution in [2.24, 2.45) is 5.92 Å². The van der Waals surface area contributed by atoms with Crippen LogP contribution in [0.4, 0.5) is 4.39 Å². The molecule has 1 saturated carbocycles. The predicted molar refractivity (Wildman–Crippen MR) is 116 cm³/mol. The maximum absolute atomic E-state index is 14.9. The summed E-state index contributed by atoms with van der Waals surface area (Å²) in [4.78, 5) is 13.7. The number of fused-ring (bicyclic) bond motifs is 1. The number of alkyl halides is 1. The maximum atomic E-state index is 14.9. The van der Waals surface area contributed by atoms with Crippen LogP contribution in [0.3, 0.4) is 0 Å². The van der Waals surface area contributed by atoms with Gasteiger partial charge in [0, 0.05) is 19.6 Å². The van der Waals surface area contributed by atoms with E-state index in [2.05, 4.69) is 10.2 Å². The highest BCUT2D eigenvalue weighted by atomic mass is 19.1. The Balaban J connectivity index is 1.35. The van der Waals surface area contributed by atoms with E-state index in [0.717, 1.165) is 34.6 Å². The summed E-state index contributed by atoms with van der Waals surface area (Å²) in [7, 11) is 0. The highest BCUT2D eigenvalue weighted by Gasteiger charge is 2.26. The molecule has 2 aromatic carbocycles. The number of nitrogens with zero attached hydrogens (tertiary/aromatic N) is 2. The zero-order valence-corrected chi connectivity index (χ0v) is 17.8. The fourth-order valence-electron chi connectivity index (χ4n) is 3.97. The van der Waals surface area contributed by atoms with Crippen LogP contribution in [-0.2, 0) is 17.9 Å². The molecule has 1 heterocycles. The summed E-state index contributed by atoms with van der Waals surface area (Å²) in [6, 6.07) is 15.5. The molecule has 1 fully saturated rings. The molecule has 5 nitrogen and oxygen atoms in total. The van der Waals surface area contributed by atoms with Crippen molar-refractivity contribution < 1.29 is 13.9 Å². The summed E-state index contributed by atoms with van der Waals surface area (Å²) < 4.78 is 20.7. The molecule has 1 amide bonds. The van der Waals surface area contributed by atoms with E-state index in [1.165, 1.54) is 12.8 Å². The maximum Gasteiger partial charge on any atom is 0.234 e. The zero-order chi connectivity index (χ0) is 21.8. The second-order valence-electron chi connectivity index (χ2n) is 8.62. The first-order valence-corrected chi connectivity index (χ1v) is 10.9. The monoisotopic (exact) mass is 421 g/mol. The fraction of sp³-hybridized carbons (Fsp3) is 0.440. The highest BCUT2D eigenvalue weighted by Crippen LogP contribution is 2.34. The average molecular weight is 422 g/mol. The van der Waals surface area contributed by atoms with Gasteiger partial charge in [-0.25, -0.2) is 4.39 Å². The number of ether oxygens (including phenoxy) is 1. The lowest BCUT2D eigenvalue weighted by atomic mass is 9.97. The standard InChI is InChI=1S/C25H28FN3O2/c1-17(28-25(30)10-11-27)20-6-4-18(5-7-20)13-29-14-21-8-9-22(31-16-19-2-3-19)12-23(21)24(26)15-29/h4-9,12,17,19,24H,2-3,10,13-16H2,1H3,(H,28,30)/t17-,24-/m0/s1. The molecule has 1 aliphatic heterocycles. The summed E-state index contributed by atoms with van der Waals surface area (Å²) >= 11 is 0. The predicted octanol–water partition coefficient (Wildman–Crippen LogP) is 4.59. The van der Waals surface area contributed by atoms with Crippen molar-refractivity contribution in [3.63, 3.8) is 0 Å². The van der Waals surface area contributed by atoms with E-state index in [1.54, 1.807) is 0 Å². The van der Waals surface area contributed by atoms with Crippen molar-refractivity contribution in [1.82, 2.24) is 10.2 Å². The Morgan fingerprint density at radius 3 is 2.77 bits per heavy atom. The number of benzene rings is 2. The number of hydrogen-bond acceptors (Lipinski definition) is 4. The van der Waals surface area contributed by atoms with Gasteiger partial charge in [0.2, 0.25) is 5.91 Å². The van der Waals surface area contributed by atoms with Crippen molar-refractivity contribution in [3.8, 4) is 11.8 Å². The van der Waals surface area contributed by atoms with Gasteiger partial charge >= 0.3 is 0 Å². The minimum Gasteiger partial charge on any atom is -0.493 e. The average Bonchev–Trinajstić information content (AvgIpc) is 3.58. The van der Waals surface area contributed by atoms with Crippen molar-refractivity contribution in [2.45, 2.75) is 51.5 Å². The third-order valence-corrected chi connectivity index (χ3v) is 5.95. The van der Waals surface area contributed by atoms with E-state index in [9.17, 15) is 9.18 Å². The number of halogens is 1. The zero-order valence-electron chi connectivity index (χ0n) is 17.8. The van der Waals surface area contributed by atoms with Crippen molar-refractivity contribution in [1.29, 1.82) is 5.26 Å². The van der Waals surface area contributed by atoms with E-state index in [-0.39, 0.29) is 18.4 Å². The molecule has 2 atom stereocenters. The van der Waals surface area contributed by atoms with Gasteiger partial charge in [0.25, 0.3) is 0 Å². The minimum absolute atomic E-state index is 0.141. The van der Waals surface area contributed by atoms with E-state index in [0.29, 0.717) is 25.6 Å². The van der Waals surface area contributed by atoms with Crippen LogP contribution >= 0.6 is 0 Å². The molecule has 0 bridgehead atoms. The number of rotatable bonds is 8. The quantitative estimate of drug-likeness (QED) is 0.677. The van der Waals surface area contributed by atoms with Crippen LogP contribution < -0.4 is 10.1 Å². The molecular weight excluding hydrogens is 393 g/mol. The van der Waals surface area contributed by atoms with Gasteiger partial charge in [0.15, 0.2) is 0 Å². The number of amides is 1. The van der Waals surface area contributed by atoms with Crippen LogP contribution in [0, 0.1) is 17.2 Å². The molecule has 0 saturated heterocycles. The summed E-state index contributed by atoms with van der Waals surface area (Å²) in [6.07, 6.45) is 1.31. The Kier molecular flexibility index (Phi) is 6.53. The first kappa shape index (κ1) is 21.3. The second-order valence-corrected chi connectivity index (χ2v) is 8.62. The van der Waals surface area contributed by atoms with Crippen LogP contribution in [0.15, 0.2) is 42.5 Å². The van der Waals surface area contributed by atoms with E-state index >= 15 is 0 Å². The molecule has 1 aliphatic carbocycles. The van der Waals surface area contributed by atoms with Crippen molar-refractivity contribution in [3.05, 3.63) is 64.7 Å². The van der Waals surface area contributed by atoms with Crippen molar-refractivity contribution in [2.75, 3.05) is 13.2 Å². The first-order chi connectivity index (χ1) is 15.0. The Morgan fingerprint density at radius 1 is 1.29 bits per heavy atom. The van der Waals surface area contributed by atoms with Gasteiger partial charge in [-0.2, -0.15) is 5.26 Å². The molecule has 0 unspecified atom stereocenters. The number of nitriles is 1. The third-order valence-electron chi connectivity index (χ3n) is 5.95. The molecule has 6 heteroatoms. The number of nitrogens with one attached hydrogen (secondary N) is 1. The third kappa shape index (κ3) is 5.62. The lowest BCUT2D eigenvalue weighted by Crippen LogP contribution is -2.31. The van der Waals surface area contributed by atoms with Gasteiger partial charge < -0.3 is 10.1 Å². The van der Waals surface area contributed by atoms with Crippen LogP contribution in [0.1, 0.15) is 60.7 Å². The molecule has 4 rings (SSSR count). The topological polar surface area (TPSA) is 65.4 Å². The van der Waals surface area contributed by atoms with E-state index in [4.69, 9.17) is 10.00 Å². The lowest BCUT2D eigenvalue weighted by molar-refractivity contribution is -0.120. The molecule has 1 N–H and O–H groups in total. The van der Waals surface area contributed by atoms with E-state index < -0.39 is 6.17 Å². The first-order valence-electron chi connectivity index (χ1n) is 10.9. The van der Waals surface area contributed by atoms with Crippen molar-refractivity contribution >= 4 is 5.91 Å². The highest BCUT2D eigenvalue weighted by molar-refractivity contribution is 5.78. The molecule has 0 aromatic heterocycles. The Bertz CT molecular complexity index is 966. The number of carbonyl (C=O) groups excluding carboxylic acids is 1. The van der Waals surface area contributed by atoms with E-state index in [1.807, 2.05) is 55.5 Å². The van der Waals surface area contributed by atoms with Gasteiger partial charge in [-0.15, -0.1) is 0 Å². The summed E-state index contributed by atoms with van der Waals surface area (Å²) in [5.74, 6) is 1.17. The van der Waals surface area contributed by atoms with Gasteiger partial charge in [-0.1, -0.05) is 30.3 Å². The van der Waals surface area contributed by atoms with Gasteiger partial charge in [-0.3, -0.25) is 9.69 Å². The SMILES string of the molecule is C[C@H](NC(=O)CC#N)c1ccc(CN2Cc3ccc(OCC4CC4)cc3[C@@H](F)C2)cc1. The van der Waals surface area contributed by atoms with Gasteiger partial charge in [0.1, 0.15) is 18.3 Å². The molecule has 31 heavy (non-hydrogen) atoms. The van der Waals surface area contributed by atoms with Crippen LogP contribution in [0.25, 0.3) is 0 Å². The van der Waals surface area contributed by atoms with Crippen LogP contribution in [0.2, 0.25) is 0 Å². The summed E-state index contributed by atoms with van der Waals surface area (Å²) in [6.45, 7) is 4.36. The summed E-state index contributed by atoms with van der Waals surface area (Å²) in [5.41, 5.74) is 3.84. The van der Waals surface area contributed by atoms with Gasteiger partial charge in [-0.05, 0) is 60.1 Å². The summed E-state index contributed by atoms with van der Waals surface area (Å²) in [5, 5.41) is 11.4. The molecular formula is C25H28FN3O2. The molecule has 2 aliphatic rings. The Labute approximate surface area is 182 Å². The van der Waals surface area contributed by atoms with Crippen LogP contribution in [-0.4, -0.2) is 24.0 Å². The smallest absolute Gasteiger partial charge is 0.234 e. The lowest BCUT2D eigenvalue weighted by Gasteiger charge is -2.31. The minimum atomic E-state index is -1.03. The Morgan fingerprint density at radius 2 is 2.06 bits per heavy atom. The molecule has 0 spiro atoms. The second kappa shape index (κ2) is 9.49. The number of carbonyl (C=O) groups is 1. The largest absolute Gasteiger partial charge is 0.493 e. The molecule has 0 radical (unpaired) electrons. The number of hydrogen-bond donors (Lipinski definition) is 1. The Hall–Kier alpha value is -2.91. The molecule has 162 valence electrons. The van der Waals surface area contributed by atoms with Gasteiger partial charge in [0.05, 0.1) is 18.7 Å². The fourth-order valence-corrected chi connectivity index (χ4v) is 3.97. The van der Waals surface area contributed by atoms with Crippen LogP contribution in [0.5, 0.6) is 5.75 Å². The molecule has 2 aromatic rings. The normalized spacial score (nSPS) is 19.2.